The van der Waals surface area contributed by atoms with Crippen LogP contribution < -0.4 is 4.74 Å². The van der Waals surface area contributed by atoms with Crippen molar-refractivity contribution in [2.75, 3.05) is 0 Å². The van der Waals surface area contributed by atoms with Crippen LogP contribution in [0.15, 0.2) is 61.1 Å². The second-order valence-electron chi connectivity index (χ2n) is 7.99. The van der Waals surface area contributed by atoms with Crippen LogP contribution in [0.4, 0.5) is 0 Å². The number of aryl methyl sites for hydroxylation is 2. The van der Waals surface area contributed by atoms with Crippen LogP contribution in [0.25, 0.3) is 11.3 Å². The highest BCUT2D eigenvalue weighted by Crippen LogP contribution is 2.25. The Morgan fingerprint density at radius 3 is 2.47 bits per heavy atom. The molecule has 1 aromatic carbocycles. The van der Waals surface area contributed by atoms with E-state index in [2.05, 4.69) is 22.1 Å². The summed E-state index contributed by atoms with van der Waals surface area (Å²) in [6, 6.07) is 14.1. The van der Waals surface area contributed by atoms with E-state index in [0.717, 1.165) is 60.4 Å². The normalized spacial score (nSPS) is 11.8. The highest BCUT2D eigenvalue weighted by atomic mass is 16.5. The highest BCUT2D eigenvalue weighted by molar-refractivity contribution is 5.77. The number of nitrogens with zero attached hydrogens (tertiary/aromatic N) is 2. The molecule has 1 unspecified atom stereocenters. The third-order valence-corrected chi connectivity index (χ3v) is 5.36. The fourth-order valence-corrected chi connectivity index (χ4v) is 3.28. The number of ether oxygens (including phenoxy) is 1. The van der Waals surface area contributed by atoms with Crippen molar-refractivity contribution >= 4 is 5.78 Å². The molecular weight excluding hydrogens is 372 g/mol. The smallest absolute Gasteiger partial charge is 0.145 e. The van der Waals surface area contributed by atoms with E-state index < -0.39 is 0 Å². The number of Topliss-reactive ketones (excluding diaryl/α,β-unsaturated/α-hetero) is 1. The molecule has 0 bridgehead atoms. The second-order valence-corrected chi connectivity index (χ2v) is 7.99. The summed E-state index contributed by atoms with van der Waals surface area (Å²) in [5.41, 5.74) is 4.34. The molecule has 0 aliphatic carbocycles. The van der Waals surface area contributed by atoms with Gasteiger partial charge < -0.3 is 4.74 Å². The molecular formula is C26H30N2O2. The first-order valence-corrected chi connectivity index (χ1v) is 10.7. The Labute approximate surface area is 179 Å². The van der Waals surface area contributed by atoms with E-state index in [1.165, 1.54) is 5.56 Å². The Balaban J connectivity index is 1.51. The molecule has 3 aromatic rings. The fraction of sp³-hybridized carbons (Fsp3) is 0.346. The second kappa shape index (κ2) is 10.7. The van der Waals surface area contributed by atoms with Crippen LogP contribution >= 0.6 is 0 Å². The summed E-state index contributed by atoms with van der Waals surface area (Å²) in [6.07, 6.45) is 10.8. The molecule has 0 N–H and O–H groups in total. The Bertz CT molecular complexity index is 950. The van der Waals surface area contributed by atoms with Gasteiger partial charge in [-0.1, -0.05) is 25.8 Å². The zero-order valence-corrected chi connectivity index (χ0v) is 18.1. The van der Waals surface area contributed by atoms with Gasteiger partial charge in [-0.2, -0.15) is 0 Å². The Hall–Kier alpha value is -3.01. The molecule has 0 saturated carbocycles. The first-order chi connectivity index (χ1) is 14.5. The average molecular weight is 403 g/mol. The van der Waals surface area contributed by atoms with E-state index in [4.69, 9.17) is 4.74 Å². The lowest BCUT2D eigenvalue weighted by Gasteiger charge is -2.09. The third-order valence-electron chi connectivity index (χ3n) is 5.36. The quantitative estimate of drug-likeness (QED) is 0.360. The minimum atomic E-state index is 0.177. The Morgan fingerprint density at radius 2 is 1.77 bits per heavy atom. The maximum absolute atomic E-state index is 11.3. The molecule has 0 radical (unpaired) electrons. The highest BCUT2D eigenvalue weighted by Gasteiger charge is 2.07. The summed E-state index contributed by atoms with van der Waals surface area (Å²) >= 11 is 0. The number of hydrogen-bond donors (Lipinski definition) is 0. The number of benzene rings is 1. The van der Waals surface area contributed by atoms with Gasteiger partial charge in [-0.3, -0.25) is 14.8 Å². The standard InChI is InChI=1S/C26H30N2O2/c1-19-9-14-26(28-16-19)23-10-12-24(13-11-23)30-25-15-22(17-27-18-25)8-6-4-5-7-20(2)21(3)29/h9-18,20H,4-8H2,1-3H3. The lowest BCUT2D eigenvalue weighted by atomic mass is 9.99. The van der Waals surface area contributed by atoms with Crippen LogP contribution in [0.1, 0.15) is 50.7 Å². The summed E-state index contributed by atoms with van der Waals surface area (Å²) in [5, 5.41) is 0. The predicted octanol–water partition coefficient (Wildman–Crippen LogP) is 6.57. The molecule has 156 valence electrons. The van der Waals surface area contributed by atoms with E-state index in [1.54, 1.807) is 13.1 Å². The van der Waals surface area contributed by atoms with Gasteiger partial charge in [0.15, 0.2) is 0 Å². The molecule has 0 aliphatic rings. The Kier molecular flexibility index (Phi) is 7.72. The van der Waals surface area contributed by atoms with E-state index in [9.17, 15) is 4.79 Å². The first-order valence-electron chi connectivity index (χ1n) is 10.7. The van der Waals surface area contributed by atoms with Crippen LogP contribution in [-0.2, 0) is 11.2 Å². The molecule has 2 heterocycles. The fourth-order valence-electron chi connectivity index (χ4n) is 3.28. The van der Waals surface area contributed by atoms with Crippen molar-refractivity contribution in [3.63, 3.8) is 0 Å². The molecule has 4 heteroatoms. The summed E-state index contributed by atoms with van der Waals surface area (Å²) in [4.78, 5) is 20.1. The monoisotopic (exact) mass is 402 g/mol. The van der Waals surface area contributed by atoms with Crippen molar-refractivity contribution in [2.45, 2.75) is 52.9 Å². The maximum atomic E-state index is 11.3. The molecule has 0 amide bonds. The van der Waals surface area contributed by atoms with Gasteiger partial charge in [-0.15, -0.1) is 0 Å². The van der Waals surface area contributed by atoms with Crippen molar-refractivity contribution in [2.24, 2.45) is 5.92 Å². The predicted molar refractivity (Wildman–Crippen MR) is 121 cm³/mol. The molecule has 2 aromatic heterocycles. The molecule has 0 saturated heterocycles. The van der Waals surface area contributed by atoms with Gasteiger partial charge in [0.1, 0.15) is 17.3 Å². The zero-order chi connectivity index (χ0) is 21.3. The van der Waals surface area contributed by atoms with E-state index in [0.29, 0.717) is 0 Å². The number of hydrogen-bond acceptors (Lipinski definition) is 4. The van der Waals surface area contributed by atoms with Gasteiger partial charge >= 0.3 is 0 Å². The SMILES string of the molecule is CC(=O)C(C)CCCCCc1cncc(Oc2ccc(-c3ccc(C)cn3)cc2)c1. The lowest BCUT2D eigenvalue weighted by molar-refractivity contribution is -0.120. The van der Waals surface area contributed by atoms with Crippen LogP contribution in [0, 0.1) is 12.8 Å². The third kappa shape index (κ3) is 6.51. The Morgan fingerprint density at radius 1 is 0.967 bits per heavy atom. The molecule has 0 aliphatic heterocycles. The van der Waals surface area contributed by atoms with Gasteiger partial charge in [0.2, 0.25) is 0 Å². The van der Waals surface area contributed by atoms with E-state index in [-0.39, 0.29) is 11.7 Å². The maximum Gasteiger partial charge on any atom is 0.145 e. The lowest BCUT2D eigenvalue weighted by Crippen LogP contribution is -2.05. The van der Waals surface area contributed by atoms with Crippen molar-refractivity contribution in [1.29, 1.82) is 0 Å². The van der Waals surface area contributed by atoms with Crippen molar-refractivity contribution in [3.8, 4) is 22.8 Å². The first kappa shape index (κ1) is 21.7. The number of carbonyl (C=O) groups is 1. The summed E-state index contributed by atoms with van der Waals surface area (Å²) in [7, 11) is 0. The van der Waals surface area contributed by atoms with Crippen LogP contribution in [0.2, 0.25) is 0 Å². The number of pyridine rings is 2. The largest absolute Gasteiger partial charge is 0.456 e. The molecule has 4 nitrogen and oxygen atoms in total. The minimum absolute atomic E-state index is 0.177. The number of unbranched alkanes of at least 4 members (excludes halogenated alkanes) is 2. The number of carbonyl (C=O) groups excluding carboxylic acids is 1. The zero-order valence-electron chi connectivity index (χ0n) is 18.1. The van der Waals surface area contributed by atoms with Crippen molar-refractivity contribution in [3.05, 3.63) is 72.2 Å². The molecule has 1 atom stereocenters. The minimum Gasteiger partial charge on any atom is -0.456 e. The summed E-state index contributed by atoms with van der Waals surface area (Å²) < 4.78 is 5.99. The molecule has 3 rings (SSSR count). The van der Waals surface area contributed by atoms with Crippen molar-refractivity contribution < 1.29 is 9.53 Å². The van der Waals surface area contributed by atoms with Crippen LogP contribution in [-0.4, -0.2) is 15.8 Å². The summed E-state index contributed by atoms with van der Waals surface area (Å²) in [5.74, 6) is 1.99. The van der Waals surface area contributed by atoms with Gasteiger partial charge in [0.25, 0.3) is 0 Å². The molecule has 30 heavy (non-hydrogen) atoms. The van der Waals surface area contributed by atoms with Gasteiger partial charge in [-0.25, -0.2) is 0 Å². The number of rotatable bonds is 10. The molecule has 0 fully saturated rings. The van der Waals surface area contributed by atoms with Crippen molar-refractivity contribution in [1.82, 2.24) is 9.97 Å². The van der Waals surface area contributed by atoms with Gasteiger partial charge in [0.05, 0.1) is 11.9 Å². The topological polar surface area (TPSA) is 52.1 Å². The van der Waals surface area contributed by atoms with Crippen LogP contribution in [0.5, 0.6) is 11.5 Å². The van der Waals surface area contributed by atoms with E-state index in [1.807, 2.05) is 56.6 Å². The summed E-state index contributed by atoms with van der Waals surface area (Å²) in [6.45, 7) is 5.72. The van der Waals surface area contributed by atoms with E-state index >= 15 is 0 Å². The van der Waals surface area contributed by atoms with Gasteiger partial charge in [-0.05, 0) is 80.6 Å². The van der Waals surface area contributed by atoms with Crippen LogP contribution in [0.3, 0.4) is 0 Å². The average Bonchev–Trinajstić information content (AvgIpc) is 2.75. The number of aromatic nitrogens is 2. The van der Waals surface area contributed by atoms with Gasteiger partial charge in [0, 0.05) is 23.9 Å². The molecule has 0 spiro atoms. The number of ketones is 1.